The molecule has 2 heterocycles. The molecule has 3 rings (SSSR count). The summed E-state index contributed by atoms with van der Waals surface area (Å²) in [6, 6.07) is 0.444. The van der Waals surface area contributed by atoms with Crippen molar-refractivity contribution in [2.45, 2.75) is 31.7 Å². The Balaban J connectivity index is 2.02. The van der Waals surface area contributed by atoms with E-state index < -0.39 is 0 Å². The fourth-order valence-corrected chi connectivity index (χ4v) is 2.32. The van der Waals surface area contributed by atoms with Gasteiger partial charge in [0, 0.05) is 11.3 Å². The number of nitrogens with zero attached hydrogens (tertiary/aromatic N) is 2. The van der Waals surface area contributed by atoms with Crippen LogP contribution in [0.15, 0.2) is 0 Å². The quantitative estimate of drug-likeness (QED) is 0.721. The molecule has 1 aromatic rings. The molecule has 4 heteroatoms. The molecule has 0 saturated carbocycles. The minimum atomic E-state index is 0.444. The lowest BCUT2D eigenvalue weighted by atomic mass is 9.97. The van der Waals surface area contributed by atoms with Crippen LogP contribution in [0.25, 0.3) is 0 Å². The van der Waals surface area contributed by atoms with Gasteiger partial charge in [-0.1, -0.05) is 0 Å². The Hall–Kier alpha value is -1.03. The lowest BCUT2D eigenvalue weighted by Gasteiger charge is -2.28. The van der Waals surface area contributed by atoms with Crippen molar-refractivity contribution in [3.8, 4) is 0 Å². The molecule has 0 spiro atoms. The zero-order chi connectivity index (χ0) is 9.54. The molecule has 0 radical (unpaired) electrons. The van der Waals surface area contributed by atoms with E-state index in [0.717, 1.165) is 31.9 Å². The molecule has 0 atom stereocenters. The molecule has 2 aliphatic rings. The molecule has 0 amide bonds. The summed E-state index contributed by atoms with van der Waals surface area (Å²) in [5, 5.41) is 4.43. The van der Waals surface area contributed by atoms with Gasteiger partial charge in [0.2, 0.25) is 0 Å². The topological polar surface area (TPSA) is 53.1 Å². The van der Waals surface area contributed by atoms with Gasteiger partial charge in [-0.15, -0.1) is 0 Å². The molecule has 0 unspecified atom stereocenters. The number of hydrogen-bond donors (Lipinski definition) is 1. The van der Waals surface area contributed by atoms with Gasteiger partial charge in [0.05, 0.1) is 19.3 Å². The van der Waals surface area contributed by atoms with Crippen LogP contribution in [-0.2, 0) is 17.6 Å². The molecule has 1 aromatic heterocycles. The summed E-state index contributed by atoms with van der Waals surface area (Å²) < 4.78 is 7.29. The molecule has 1 aliphatic heterocycles. The van der Waals surface area contributed by atoms with Crippen LogP contribution in [0.3, 0.4) is 0 Å². The van der Waals surface area contributed by atoms with Crippen molar-refractivity contribution in [1.29, 1.82) is 0 Å². The Labute approximate surface area is 83.0 Å². The maximum atomic E-state index is 5.91. The summed E-state index contributed by atoms with van der Waals surface area (Å²) in [6.07, 6.45) is 4.76. The fourth-order valence-electron chi connectivity index (χ4n) is 2.32. The predicted molar refractivity (Wildman–Crippen MR) is 53.1 cm³/mol. The normalized spacial score (nSPS) is 21.7. The minimum Gasteiger partial charge on any atom is -0.382 e. The van der Waals surface area contributed by atoms with Crippen LogP contribution < -0.4 is 5.73 Å². The third-order valence-electron chi connectivity index (χ3n) is 3.21. The molecule has 0 bridgehead atoms. The monoisotopic (exact) mass is 193 g/mol. The first-order valence-corrected chi connectivity index (χ1v) is 5.30. The zero-order valence-corrected chi connectivity index (χ0v) is 8.20. The van der Waals surface area contributed by atoms with Crippen molar-refractivity contribution < 1.29 is 4.74 Å². The highest BCUT2D eigenvalue weighted by Gasteiger charge is 2.27. The first-order chi connectivity index (χ1) is 6.86. The molecular weight excluding hydrogens is 178 g/mol. The first kappa shape index (κ1) is 8.29. The number of anilines is 1. The van der Waals surface area contributed by atoms with E-state index in [1.165, 1.54) is 24.1 Å². The molecule has 1 fully saturated rings. The fraction of sp³-hybridized carbons (Fsp3) is 0.700. The molecule has 14 heavy (non-hydrogen) atoms. The van der Waals surface area contributed by atoms with Crippen LogP contribution >= 0.6 is 0 Å². The van der Waals surface area contributed by atoms with E-state index in [9.17, 15) is 0 Å². The standard InChI is InChI=1S/C10H15N3O/c11-10-8-3-1-2-4-9(8)13(12-10)7-5-14-6-7/h7H,1-6H2,(H2,11,12). The molecule has 1 saturated heterocycles. The highest BCUT2D eigenvalue weighted by atomic mass is 16.5. The van der Waals surface area contributed by atoms with Crippen LogP contribution in [0.2, 0.25) is 0 Å². The number of nitrogens with two attached hydrogens (primary N) is 1. The number of ether oxygens (including phenoxy) is 1. The Morgan fingerprint density at radius 1 is 1.29 bits per heavy atom. The van der Waals surface area contributed by atoms with Crippen molar-refractivity contribution in [2.75, 3.05) is 18.9 Å². The van der Waals surface area contributed by atoms with Crippen LogP contribution in [-0.4, -0.2) is 23.0 Å². The van der Waals surface area contributed by atoms with Gasteiger partial charge in [0.1, 0.15) is 5.82 Å². The number of hydrogen-bond acceptors (Lipinski definition) is 3. The van der Waals surface area contributed by atoms with Crippen molar-refractivity contribution in [1.82, 2.24) is 9.78 Å². The molecule has 4 nitrogen and oxygen atoms in total. The summed E-state index contributed by atoms with van der Waals surface area (Å²) >= 11 is 0. The summed E-state index contributed by atoms with van der Waals surface area (Å²) in [4.78, 5) is 0. The highest BCUT2D eigenvalue weighted by molar-refractivity contribution is 5.44. The van der Waals surface area contributed by atoms with Crippen molar-refractivity contribution in [3.63, 3.8) is 0 Å². The van der Waals surface area contributed by atoms with Gasteiger partial charge in [-0.3, -0.25) is 4.68 Å². The van der Waals surface area contributed by atoms with Crippen molar-refractivity contribution >= 4 is 5.82 Å². The zero-order valence-electron chi connectivity index (χ0n) is 8.20. The van der Waals surface area contributed by atoms with E-state index in [0.29, 0.717) is 6.04 Å². The number of aromatic nitrogens is 2. The average Bonchev–Trinajstić information content (AvgIpc) is 2.43. The van der Waals surface area contributed by atoms with Gasteiger partial charge < -0.3 is 10.5 Å². The van der Waals surface area contributed by atoms with Gasteiger partial charge in [-0.25, -0.2) is 0 Å². The third kappa shape index (κ3) is 1.07. The highest BCUT2D eigenvalue weighted by Crippen LogP contribution is 2.30. The second-order valence-corrected chi connectivity index (χ2v) is 4.15. The minimum absolute atomic E-state index is 0.444. The second-order valence-electron chi connectivity index (χ2n) is 4.15. The molecular formula is C10H15N3O. The summed E-state index contributed by atoms with van der Waals surface area (Å²) in [5.74, 6) is 0.742. The largest absolute Gasteiger partial charge is 0.382 e. The van der Waals surface area contributed by atoms with Crippen molar-refractivity contribution in [3.05, 3.63) is 11.3 Å². The van der Waals surface area contributed by atoms with Crippen molar-refractivity contribution in [2.24, 2.45) is 0 Å². The molecule has 2 N–H and O–H groups in total. The number of rotatable bonds is 1. The lowest BCUT2D eigenvalue weighted by molar-refractivity contribution is -0.0298. The van der Waals surface area contributed by atoms with E-state index in [-0.39, 0.29) is 0 Å². The van der Waals surface area contributed by atoms with Gasteiger partial charge in [-0.05, 0) is 25.7 Å². The Morgan fingerprint density at radius 2 is 2.07 bits per heavy atom. The molecule has 1 aliphatic carbocycles. The van der Waals surface area contributed by atoms with E-state index in [1.54, 1.807) is 0 Å². The lowest BCUT2D eigenvalue weighted by Crippen LogP contribution is -2.32. The summed E-state index contributed by atoms with van der Waals surface area (Å²) in [6.45, 7) is 1.60. The average molecular weight is 193 g/mol. The summed E-state index contributed by atoms with van der Waals surface area (Å²) in [7, 11) is 0. The smallest absolute Gasteiger partial charge is 0.148 e. The second kappa shape index (κ2) is 2.98. The van der Waals surface area contributed by atoms with E-state index in [1.807, 2.05) is 0 Å². The molecule has 76 valence electrons. The number of fused-ring (bicyclic) bond motifs is 1. The summed E-state index contributed by atoms with van der Waals surface area (Å²) in [5.41, 5.74) is 8.56. The maximum absolute atomic E-state index is 5.91. The van der Waals surface area contributed by atoms with E-state index >= 15 is 0 Å². The van der Waals surface area contributed by atoms with Gasteiger partial charge in [0.25, 0.3) is 0 Å². The van der Waals surface area contributed by atoms with Crippen LogP contribution in [0, 0.1) is 0 Å². The Morgan fingerprint density at radius 3 is 2.79 bits per heavy atom. The van der Waals surface area contributed by atoms with E-state index in [2.05, 4.69) is 9.78 Å². The SMILES string of the molecule is Nc1nn(C2COC2)c2c1CCCC2. The van der Waals surface area contributed by atoms with Crippen LogP contribution in [0.4, 0.5) is 5.82 Å². The van der Waals surface area contributed by atoms with E-state index in [4.69, 9.17) is 10.5 Å². The van der Waals surface area contributed by atoms with Crippen LogP contribution in [0.1, 0.15) is 30.1 Å². The van der Waals surface area contributed by atoms with Gasteiger partial charge in [0.15, 0.2) is 0 Å². The van der Waals surface area contributed by atoms with Crippen LogP contribution in [0.5, 0.6) is 0 Å². The molecule has 0 aromatic carbocycles. The number of nitrogen functional groups attached to an aromatic ring is 1. The maximum Gasteiger partial charge on any atom is 0.148 e. The Kier molecular flexibility index (Phi) is 1.77. The van der Waals surface area contributed by atoms with Gasteiger partial charge >= 0.3 is 0 Å². The third-order valence-corrected chi connectivity index (χ3v) is 3.21. The predicted octanol–water partition coefficient (Wildman–Crippen LogP) is 0.915. The first-order valence-electron chi connectivity index (χ1n) is 5.30. The van der Waals surface area contributed by atoms with Gasteiger partial charge in [-0.2, -0.15) is 5.10 Å². The Bertz CT molecular complexity index is 354.